The molecule has 1 aromatic heterocycles. The van der Waals surface area contributed by atoms with Gasteiger partial charge < -0.3 is 20.3 Å². The number of carbonyl (C=O) groups is 1. The number of amides is 1. The highest BCUT2D eigenvalue weighted by atomic mass is 35.5. The molecule has 2 heterocycles. The van der Waals surface area contributed by atoms with Gasteiger partial charge in [-0.05, 0) is 43.4 Å². The molecule has 178 valence electrons. The van der Waals surface area contributed by atoms with Crippen molar-refractivity contribution in [1.82, 2.24) is 20.2 Å². The van der Waals surface area contributed by atoms with Gasteiger partial charge in [-0.2, -0.15) is 0 Å². The van der Waals surface area contributed by atoms with Crippen molar-refractivity contribution in [2.45, 2.75) is 57.0 Å². The Morgan fingerprint density at radius 1 is 1.21 bits per heavy atom. The van der Waals surface area contributed by atoms with Crippen molar-refractivity contribution in [1.29, 1.82) is 0 Å². The first-order valence-corrected chi connectivity index (χ1v) is 12.1. The maximum Gasteiger partial charge on any atom is 0.253 e. The molecule has 0 bridgehead atoms. The summed E-state index contributed by atoms with van der Waals surface area (Å²) in [4.78, 5) is 23.6. The number of halogens is 1. The van der Waals surface area contributed by atoms with Crippen LogP contribution >= 0.6 is 11.6 Å². The lowest BCUT2D eigenvalue weighted by Gasteiger charge is -2.38. The molecule has 33 heavy (non-hydrogen) atoms. The average molecular weight is 472 g/mol. The van der Waals surface area contributed by atoms with Crippen LogP contribution in [0.3, 0.4) is 0 Å². The molecule has 1 amide bonds. The number of fused-ring (bicyclic) bond motifs is 1. The van der Waals surface area contributed by atoms with Gasteiger partial charge in [0.2, 0.25) is 5.95 Å². The first kappa shape index (κ1) is 23.9. The van der Waals surface area contributed by atoms with Gasteiger partial charge in [-0.1, -0.05) is 31.5 Å². The second-order valence-corrected chi connectivity index (χ2v) is 10.2. The Morgan fingerprint density at radius 2 is 1.94 bits per heavy atom. The number of hydrogen-bond donors (Lipinski definition) is 2. The Labute approximate surface area is 201 Å². The number of nitrogens with zero attached hydrogens (tertiary/aromatic N) is 3. The monoisotopic (exact) mass is 471 g/mol. The second-order valence-electron chi connectivity index (χ2n) is 9.84. The van der Waals surface area contributed by atoms with E-state index in [0.29, 0.717) is 35.3 Å². The highest BCUT2D eigenvalue weighted by Crippen LogP contribution is 2.37. The lowest BCUT2D eigenvalue weighted by Crippen LogP contribution is -2.44. The van der Waals surface area contributed by atoms with Crippen molar-refractivity contribution in [2.75, 3.05) is 39.2 Å². The predicted octanol–water partition coefficient (Wildman–Crippen LogP) is 4.12. The summed E-state index contributed by atoms with van der Waals surface area (Å²) in [6.07, 6.45) is 6.02. The number of aromatic nitrogens is 2. The van der Waals surface area contributed by atoms with Crippen molar-refractivity contribution in [3.8, 4) is 11.3 Å². The first-order chi connectivity index (χ1) is 15.8. The molecule has 0 atom stereocenters. The largest absolute Gasteiger partial charge is 0.383 e. The van der Waals surface area contributed by atoms with Gasteiger partial charge in [0.05, 0.1) is 23.5 Å². The van der Waals surface area contributed by atoms with Gasteiger partial charge in [0.1, 0.15) is 0 Å². The quantitative estimate of drug-likeness (QED) is 0.591. The number of rotatable bonds is 7. The summed E-state index contributed by atoms with van der Waals surface area (Å²) in [6, 6.07) is 6.78. The summed E-state index contributed by atoms with van der Waals surface area (Å²) in [5.74, 6) is 0.650. The van der Waals surface area contributed by atoms with Crippen molar-refractivity contribution in [3.63, 3.8) is 0 Å². The molecule has 0 radical (unpaired) electrons. The molecule has 1 fully saturated rings. The Balaban J connectivity index is 1.49. The smallest absolute Gasteiger partial charge is 0.253 e. The molecular formula is C25H34ClN5O2. The van der Waals surface area contributed by atoms with Crippen LogP contribution in [-0.4, -0.2) is 66.7 Å². The van der Waals surface area contributed by atoms with Gasteiger partial charge in [-0.25, -0.2) is 9.97 Å². The van der Waals surface area contributed by atoms with E-state index in [0.717, 1.165) is 55.5 Å². The molecule has 0 spiro atoms. The highest BCUT2D eigenvalue weighted by Gasteiger charge is 2.35. The van der Waals surface area contributed by atoms with Crippen LogP contribution < -0.4 is 10.6 Å². The lowest BCUT2D eigenvalue weighted by molar-refractivity contribution is 0.0737. The van der Waals surface area contributed by atoms with E-state index in [4.69, 9.17) is 21.3 Å². The van der Waals surface area contributed by atoms with Crippen LogP contribution in [-0.2, 0) is 10.2 Å². The standard InChI is InChI=1S/C25H34ClN5O2/c1-25(2)15-31(3)23(32)19-10-5-16(13-20(19)25)22-21(26)14-28-24(30-22)29-18-8-6-17(7-9-18)27-11-12-33-4/h5,10,13-14,17-18,27H,6-9,11-12,15H2,1-4H3,(H,28,29,30). The average Bonchev–Trinajstić information content (AvgIpc) is 2.80. The normalized spacial score (nSPS) is 22.2. The van der Waals surface area contributed by atoms with Gasteiger partial charge >= 0.3 is 0 Å². The minimum Gasteiger partial charge on any atom is -0.383 e. The van der Waals surface area contributed by atoms with Crippen LogP contribution in [0, 0.1) is 0 Å². The van der Waals surface area contributed by atoms with Gasteiger partial charge in [0.15, 0.2) is 0 Å². The molecule has 8 heteroatoms. The molecule has 0 unspecified atom stereocenters. The SMILES string of the molecule is COCCNC1CCC(Nc2ncc(Cl)c(-c3ccc4c(c3)C(C)(C)CN(C)C4=O)n2)CC1. The van der Waals surface area contributed by atoms with Crippen LogP contribution in [0.5, 0.6) is 0 Å². The zero-order valence-corrected chi connectivity index (χ0v) is 20.7. The molecule has 1 saturated carbocycles. The topological polar surface area (TPSA) is 79.4 Å². The third kappa shape index (κ3) is 5.31. The highest BCUT2D eigenvalue weighted by molar-refractivity contribution is 6.32. The Morgan fingerprint density at radius 3 is 2.67 bits per heavy atom. The Hall–Kier alpha value is -2.22. The van der Waals surface area contributed by atoms with Crippen LogP contribution in [0.4, 0.5) is 5.95 Å². The molecule has 0 saturated heterocycles. The van der Waals surface area contributed by atoms with E-state index in [1.807, 2.05) is 19.2 Å². The van der Waals surface area contributed by atoms with E-state index >= 15 is 0 Å². The van der Waals surface area contributed by atoms with Gasteiger partial charge in [0, 0.05) is 55.9 Å². The summed E-state index contributed by atoms with van der Waals surface area (Å²) >= 11 is 6.51. The molecule has 1 aliphatic carbocycles. The van der Waals surface area contributed by atoms with E-state index in [1.54, 1.807) is 18.2 Å². The third-order valence-electron chi connectivity index (χ3n) is 6.78. The van der Waals surface area contributed by atoms with Gasteiger partial charge in [0.25, 0.3) is 5.91 Å². The van der Waals surface area contributed by atoms with Crippen LogP contribution in [0.1, 0.15) is 55.5 Å². The van der Waals surface area contributed by atoms with Crippen LogP contribution in [0.2, 0.25) is 5.02 Å². The Kier molecular flexibility index (Phi) is 7.22. The van der Waals surface area contributed by atoms with Crippen LogP contribution in [0.15, 0.2) is 24.4 Å². The number of anilines is 1. The van der Waals surface area contributed by atoms with E-state index in [2.05, 4.69) is 35.5 Å². The zero-order valence-electron chi connectivity index (χ0n) is 19.9. The molecule has 1 aliphatic heterocycles. The minimum absolute atomic E-state index is 0.0549. The molecule has 4 rings (SSSR count). The number of nitrogens with one attached hydrogen (secondary N) is 2. The van der Waals surface area contributed by atoms with Crippen molar-refractivity contribution in [2.24, 2.45) is 0 Å². The van der Waals surface area contributed by atoms with Crippen molar-refractivity contribution >= 4 is 23.5 Å². The Bertz CT molecular complexity index is 1000. The summed E-state index contributed by atoms with van der Waals surface area (Å²) in [5, 5.41) is 7.56. The number of likely N-dealkylation sites (N-methyl/N-ethyl adjacent to an activating group) is 1. The molecule has 7 nitrogen and oxygen atoms in total. The maximum atomic E-state index is 12.6. The fraction of sp³-hybridized carbons (Fsp3) is 0.560. The zero-order chi connectivity index (χ0) is 23.6. The number of benzene rings is 1. The maximum absolute atomic E-state index is 12.6. The van der Waals surface area contributed by atoms with E-state index < -0.39 is 0 Å². The van der Waals surface area contributed by atoms with E-state index in [-0.39, 0.29) is 11.3 Å². The molecule has 2 N–H and O–H groups in total. The number of carbonyl (C=O) groups excluding carboxylic acids is 1. The number of methoxy groups -OCH3 is 1. The van der Waals surface area contributed by atoms with Gasteiger partial charge in [-0.3, -0.25) is 4.79 Å². The van der Waals surface area contributed by atoms with Gasteiger partial charge in [-0.15, -0.1) is 0 Å². The molecule has 1 aromatic carbocycles. The summed E-state index contributed by atoms with van der Waals surface area (Å²) in [7, 11) is 3.58. The number of hydrogen-bond acceptors (Lipinski definition) is 6. The molecular weight excluding hydrogens is 438 g/mol. The van der Waals surface area contributed by atoms with Crippen molar-refractivity contribution in [3.05, 3.63) is 40.5 Å². The third-order valence-corrected chi connectivity index (χ3v) is 7.05. The van der Waals surface area contributed by atoms with E-state index in [9.17, 15) is 4.79 Å². The molecule has 2 aliphatic rings. The minimum atomic E-state index is -0.148. The van der Waals surface area contributed by atoms with E-state index in [1.165, 1.54) is 0 Å². The second kappa shape index (κ2) is 9.95. The summed E-state index contributed by atoms with van der Waals surface area (Å²) in [5.41, 5.74) is 3.23. The summed E-state index contributed by atoms with van der Waals surface area (Å²) < 4.78 is 5.12. The number of ether oxygens (including phenoxy) is 1. The van der Waals surface area contributed by atoms with Crippen molar-refractivity contribution < 1.29 is 9.53 Å². The predicted molar refractivity (Wildman–Crippen MR) is 132 cm³/mol. The summed E-state index contributed by atoms with van der Waals surface area (Å²) in [6.45, 7) is 6.63. The lowest BCUT2D eigenvalue weighted by atomic mass is 9.77. The fourth-order valence-corrected chi connectivity index (χ4v) is 5.22. The van der Waals surface area contributed by atoms with Crippen LogP contribution in [0.25, 0.3) is 11.3 Å². The fourth-order valence-electron chi connectivity index (χ4n) is 5.02. The first-order valence-electron chi connectivity index (χ1n) is 11.7. The molecule has 2 aromatic rings.